The average Bonchev–Trinajstić information content (AvgIpc) is 2.75. The van der Waals surface area contributed by atoms with Gasteiger partial charge < -0.3 is 10.1 Å². The molecule has 0 saturated heterocycles. The van der Waals surface area contributed by atoms with Crippen molar-refractivity contribution in [2.24, 2.45) is 7.05 Å². The van der Waals surface area contributed by atoms with E-state index in [1.807, 2.05) is 0 Å². The van der Waals surface area contributed by atoms with Gasteiger partial charge in [0.1, 0.15) is 11.4 Å². The van der Waals surface area contributed by atoms with Crippen LogP contribution in [0.3, 0.4) is 0 Å². The first-order valence-corrected chi connectivity index (χ1v) is 6.07. The third-order valence-corrected chi connectivity index (χ3v) is 3.03. The van der Waals surface area contributed by atoms with Crippen molar-refractivity contribution >= 4 is 17.3 Å². The second-order valence-electron chi connectivity index (χ2n) is 4.35. The van der Waals surface area contributed by atoms with Gasteiger partial charge in [-0.2, -0.15) is 5.10 Å². The minimum atomic E-state index is -0.640. The van der Waals surface area contributed by atoms with E-state index in [0.29, 0.717) is 17.1 Å². The number of nitro groups is 1. The number of hydrogen-bond acceptors (Lipinski definition) is 5. The fourth-order valence-corrected chi connectivity index (χ4v) is 1.86. The van der Waals surface area contributed by atoms with Gasteiger partial charge in [0, 0.05) is 18.8 Å². The van der Waals surface area contributed by atoms with Crippen LogP contribution in [0, 0.1) is 17.0 Å². The summed E-state index contributed by atoms with van der Waals surface area (Å²) in [5, 5.41) is 17.5. The summed E-state index contributed by atoms with van der Waals surface area (Å²) in [6.07, 6.45) is 0. The molecule has 0 aliphatic carbocycles. The lowest BCUT2D eigenvalue weighted by atomic mass is 10.2. The summed E-state index contributed by atoms with van der Waals surface area (Å²) in [6, 6.07) is 6.69. The molecule has 0 bridgehead atoms. The van der Waals surface area contributed by atoms with Crippen molar-refractivity contribution in [3.8, 4) is 5.75 Å². The number of carbonyl (C=O) groups excluding carboxylic acids is 1. The van der Waals surface area contributed by atoms with E-state index >= 15 is 0 Å². The molecule has 0 saturated carbocycles. The minimum Gasteiger partial charge on any atom is -0.497 e. The molecule has 0 aliphatic rings. The van der Waals surface area contributed by atoms with Gasteiger partial charge in [0.15, 0.2) is 0 Å². The summed E-state index contributed by atoms with van der Waals surface area (Å²) in [6.45, 7) is 1.54. The number of nitrogens with zero attached hydrogens (tertiary/aromatic N) is 3. The monoisotopic (exact) mass is 290 g/mol. The fraction of sp³-hybridized carbons (Fsp3) is 0.231. The first kappa shape index (κ1) is 14.5. The van der Waals surface area contributed by atoms with Gasteiger partial charge in [-0.05, 0) is 19.1 Å². The van der Waals surface area contributed by atoms with Crippen LogP contribution in [0.25, 0.3) is 0 Å². The highest BCUT2D eigenvalue weighted by Gasteiger charge is 2.28. The van der Waals surface area contributed by atoms with Crippen LogP contribution in [0.5, 0.6) is 5.75 Å². The third kappa shape index (κ3) is 2.83. The maximum Gasteiger partial charge on any atom is 0.322 e. The number of aromatic nitrogens is 2. The zero-order valence-corrected chi connectivity index (χ0v) is 11.8. The molecule has 1 heterocycles. The number of aryl methyl sites for hydroxylation is 1. The summed E-state index contributed by atoms with van der Waals surface area (Å²) in [7, 11) is 3.05. The first-order chi connectivity index (χ1) is 9.93. The molecule has 8 nitrogen and oxygen atoms in total. The number of anilines is 1. The molecule has 2 rings (SSSR count). The van der Waals surface area contributed by atoms with E-state index in [1.54, 1.807) is 31.3 Å². The third-order valence-electron chi connectivity index (χ3n) is 3.03. The summed E-state index contributed by atoms with van der Waals surface area (Å²) in [5.74, 6) is -0.0712. The van der Waals surface area contributed by atoms with E-state index in [9.17, 15) is 14.9 Å². The standard InChI is InChI=1S/C13H14N4O4/c1-8-12(17(19)20)11(15-16(8)2)13(18)14-9-5-4-6-10(7-9)21-3/h4-7H,1-3H3,(H,14,18). The SMILES string of the molecule is COc1cccc(NC(=O)c2nn(C)c(C)c2[N+](=O)[O-])c1. The van der Waals surface area contributed by atoms with Gasteiger partial charge in [-0.15, -0.1) is 0 Å². The average molecular weight is 290 g/mol. The molecule has 0 aliphatic heterocycles. The second kappa shape index (κ2) is 5.61. The molecule has 21 heavy (non-hydrogen) atoms. The normalized spacial score (nSPS) is 10.2. The zero-order valence-electron chi connectivity index (χ0n) is 11.8. The molecule has 1 N–H and O–H groups in total. The summed E-state index contributed by atoms with van der Waals surface area (Å²) in [4.78, 5) is 22.6. The Morgan fingerprint density at radius 2 is 2.19 bits per heavy atom. The van der Waals surface area contributed by atoms with Gasteiger partial charge in [0.2, 0.25) is 5.69 Å². The zero-order chi connectivity index (χ0) is 15.6. The highest BCUT2D eigenvalue weighted by atomic mass is 16.6. The Morgan fingerprint density at radius 3 is 2.81 bits per heavy atom. The molecule has 0 fully saturated rings. The van der Waals surface area contributed by atoms with Crippen molar-refractivity contribution in [2.75, 3.05) is 12.4 Å². The van der Waals surface area contributed by atoms with Crippen LogP contribution in [0.15, 0.2) is 24.3 Å². The fourth-order valence-electron chi connectivity index (χ4n) is 1.86. The molecular weight excluding hydrogens is 276 g/mol. The van der Waals surface area contributed by atoms with Crippen molar-refractivity contribution in [3.63, 3.8) is 0 Å². The number of ether oxygens (including phenoxy) is 1. The maximum absolute atomic E-state index is 12.2. The van der Waals surface area contributed by atoms with Gasteiger partial charge in [0.05, 0.1) is 12.0 Å². The van der Waals surface area contributed by atoms with Crippen molar-refractivity contribution < 1.29 is 14.5 Å². The van der Waals surface area contributed by atoms with E-state index < -0.39 is 10.8 Å². The van der Waals surface area contributed by atoms with E-state index in [2.05, 4.69) is 10.4 Å². The molecule has 0 radical (unpaired) electrons. The predicted octanol–water partition coefficient (Wildman–Crippen LogP) is 1.90. The van der Waals surface area contributed by atoms with Crippen LogP contribution in [0.4, 0.5) is 11.4 Å². The quantitative estimate of drug-likeness (QED) is 0.684. The van der Waals surface area contributed by atoms with E-state index in [-0.39, 0.29) is 11.4 Å². The summed E-state index contributed by atoms with van der Waals surface area (Å²) < 4.78 is 6.35. The topological polar surface area (TPSA) is 99.3 Å². The minimum absolute atomic E-state index is 0.220. The van der Waals surface area contributed by atoms with Crippen LogP contribution >= 0.6 is 0 Å². The molecule has 0 atom stereocenters. The Hall–Kier alpha value is -2.90. The Labute approximate surface area is 120 Å². The van der Waals surface area contributed by atoms with Crippen LogP contribution in [0.1, 0.15) is 16.2 Å². The highest BCUT2D eigenvalue weighted by Crippen LogP contribution is 2.24. The molecule has 0 spiro atoms. The van der Waals surface area contributed by atoms with Gasteiger partial charge in [-0.3, -0.25) is 19.6 Å². The number of methoxy groups -OCH3 is 1. The van der Waals surface area contributed by atoms with Crippen LogP contribution in [-0.4, -0.2) is 27.7 Å². The lowest BCUT2D eigenvalue weighted by Gasteiger charge is -2.05. The molecular formula is C13H14N4O4. The van der Waals surface area contributed by atoms with Crippen LogP contribution < -0.4 is 10.1 Å². The van der Waals surface area contributed by atoms with Gasteiger partial charge in [0.25, 0.3) is 5.91 Å². The molecule has 2 aromatic rings. The molecule has 1 aromatic heterocycles. The van der Waals surface area contributed by atoms with Crippen LogP contribution in [-0.2, 0) is 7.05 Å². The molecule has 1 amide bonds. The lowest BCUT2D eigenvalue weighted by molar-refractivity contribution is -0.385. The Balaban J connectivity index is 2.32. The molecule has 1 aromatic carbocycles. The number of benzene rings is 1. The number of rotatable bonds is 4. The number of nitrogens with one attached hydrogen (secondary N) is 1. The van der Waals surface area contributed by atoms with E-state index in [4.69, 9.17) is 4.74 Å². The lowest BCUT2D eigenvalue weighted by Crippen LogP contribution is -2.14. The predicted molar refractivity (Wildman–Crippen MR) is 75.5 cm³/mol. The number of amides is 1. The van der Waals surface area contributed by atoms with E-state index in [1.165, 1.54) is 18.7 Å². The van der Waals surface area contributed by atoms with E-state index in [0.717, 1.165) is 0 Å². The first-order valence-electron chi connectivity index (χ1n) is 6.07. The van der Waals surface area contributed by atoms with Gasteiger partial charge in [-0.1, -0.05) is 6.07 Å². The largest absolute Gasteiger partial charge is 0.497 e. The smallest absolute Gasteiger partial charge is 0.322 e. The Morgan fingerprint density at radius 1 is 1.48 bits per heavy atom. The van der Waals surface area contributed by atoms with Crippen LogP contribution in [0.2, 0.25) is 0 Å². The van der Waals surface area contributed by atoms with Crippen molar-refractivity contribution in [1.82, 2.24) is 9.78 Å². The molecule has 0 unspecified atom stereocenters. The second-order valence-corrected chi connectivity index (χ2v) is 4.35. The van der Waals surface area contributed by atoms with Gasteiger partial charge >= 0.3 is 5.69 Å². The van der Waals surface area contributed by atoms with Crippen molar-refractivity contribution in [3.05, 3.63) is 45.8 Å². The summed E-state index contributed by atoms with van der Waals surface area (Å²) >= 11 is 0. The molecule has 8 heteroatoms. The number of carbonyl (C=O) groups is 1. The highest BCUT2D eigenvalue weighted by molar-refractivity contribution is 6.05. The van der Waals surface area contributed by atoms with Crippen molar-refractivity contribution in [1.29, 1.82) is 0 Å². The van der Waals surface area contributed by atoms with Crippen molar-refractivity contribution in [2.45, 2.75) is 6.92 Å². The van der Waals surface area contributed by atoms with Gasteiger partial charge in [-0.25, -0.2) is 0 Å². The Bertz CT molecular complexity index is 708. The summed E-state index contributed by atoms with van der Waals surface area (Å²) in [5.41, 5.74) is 0.272. The molecule has 110 valence electrons. The number of hydrogen-bond donors (Lipinski definition) is 1. The Kier molecular flexibility index (Phi) is 3.88. The maximum atomic E-state index is 12.2.